The molecule has 3 heteroatoms. The van der Waals surface area contributed by atoms with Crippen LogP contribution in [0.2, 0.25) is 0 Å². The molecule has 1 N–H and O–H groups in total. The van der Waals surface area contributed by atoms with Crippen LogP contribution in [0.15, 0.2) is 15.9 Å². The van der Waals surface area contributed by atoms with Gasteiger partial charge < -0.3 is 5.11 Å². The fraction of sp³-hybridized carbons (Fsp3) is 0.636. The van der Waals surface area contributed by atoms with Gasteiger partial charge in [-0.15, -0.1) is 11.3 Å². The maximum atomic E-state index is 9.80. The Morgan fingerprint density at radius 3 is 2.79 bits per heavy atom. The SMILES string of the molecule is CCC(C)CC(O)Cc1cc(Br)cs1. The monoisotopic (exact) mass is 276 g/mol. The average molecular weight is 277 g/mol. The maximum absolute atomic E-state index is 9.80. The molecule has 1 nitrogen and oxygen atoms in total. The summed E-state index contributed by atoms with van der Waals surface area (Å²) in [6.07, 6.45) is 2.66. The number of halogens is 1. The number of rotatable bonds is 5. The fourth-order valence-electron chi connectivity index (χ4n) is 1.41. The molecule has 0 saturated carbocycles. The number of hydrogen-bond acceptors (Lipinski definition) is 2. The van der Waals surface area contributed by atoms with E-state index in [1.807, 2.05) is 0 Å². The zero-order valence-electron chi connectivity index (χ0n) is 8.66. The van der Waals surface area contributed by atoms with Crippen molar-refractivity contribution in [2.75, 3.05) is 0 Å². The molecule has 14 heavy (non-hydrogen) atoms. The van der Waals surface area contributed by atoms with E-state index in [0.717, 1.165) is 23.7 Å². The van der Waals surface area contributed by atoms with E-state index in [-0.39, 0.29) is 6.10 Å². The molecule has 0 amide bonds. The lowest BCUT2D eigenvalue weighted by atomic mass is 9.99. The van der Waals surface area contributed by atoms with Crippen LogP contribution in [0.1, 0.15) is 31.6 Å². The van der Waals surface area contributed by atoms with Crippen LogP contribution in [-0.2, 0) is 6.42 Å². The van der Waals surface area contributed by atoms with Crippen LogP contribution in [0, 0.1) is 5.92 Å². The summed E-state index contributed by atoms with van der Waals surface area (Å²) in [5, 5.41) is 11.9. The summed E-state index contributed by atoms with van der Waals surface area (Å²) in [7, 11) is 0. The number of hydrogen-bond donors (Lipinski definition) is 1. The van der Waals surface area contributed by atoms with Crippen molar-refractivity contribution in [2.24, 2.45) is 5.92 Å². The molecule has 1 heterocycles. The fourth-order valence-corrected chi connectivity index (χ4v) is 2.93. The van der Waals surface area contributed by atoms with Gasteiger partial charge in [0.05, 0.1) is 6.10 Å². The van der Waals surface area contributed by atoms with Crippen molar-refractivity contribution in [1.29, 1.82) is 0 Å². The standard InChI is InChI=1S/C11H17BrOS/c1-3-8(2)4-10(13)6-11-5-9(12)7-14-11/h5,7-8,10,13H,3-4,6H2,1-2H3. The van der Waals surface area contributed by atoms with Gasteiger partial charge in [-0.05, 0) is 34.3 Å². The van der Waals surface area contributed by atoms with Gasteiger partial charge in [-0.1, -0.05) is 20.3 Å². The zero-order valence-corrected chi connectivity index (χ0v) is 11.1. The minimum Gasteiger partial charge on any atom is -0.393 e. The van der Waals surface area contributed by atoms with Gasteiger partial charge >= 0.3 is 0 Å². The predicted molar refractivity (Wildman–Crippen MR) is 65.8 cm³/mol. The lowest BCUT2D eigenvalue weighted by molar-refractivity contribution is 0.145. The Labute approximate surface area is 98.3 Å². The Bertz CT molecular complexity index is 272. The van der Waals surface area contributed by atoms with E-state index in [4.69, 9.17) is 0 Å². The summed E-state index contributed by atoms with van der Waals surface area (Å²) in [4.78, 5) is 1.26. The van der Waals surface area contributed by atoms with Gasteiger partial charge in [0.1, 0.15) is 0 Å². The summed E-state index contributed by atoms with van der Waals surface area (Å²) >= 11 is 5.12. The molecule has 1 rings (SSSR count). The lowest BCUT2D eigenvalue weighted by Gasteiger charge is -2.13. The first-order valence-corrected chi connectivity index (χ1v) is 6.70. The first kappa shape index (κ1) is 12.2. The molecule has 0 saturated heterocycles. The van der Waals surface area contributed by atoms with Gasteiger partial charge in [0, 0.05) is 21.2 Å². The van der Waals surface area contributed by atoms with E-state index in [1.165, 1.54) is 4.88 Å². The van der Waals surface area contributed by atoms with Crippen LogP contribution in [0.5, 0.6) is 0 Å². The van der Waals surface area contributed by atoms with E-state index < -0.39 is 0 Å². The molecule has 2 atom stereocenters. The van der Waals surface area contributed by atoms with Gasteiger partial charge in [-0.25, -0.2) is 0 Å². The van der Waals surface area contributed by atoms with E-state index in [9.17, 15) is 5.11 Å². The highest BCUT2D eigenvalue weighted by atomic mass is 79.9. The van der Waals surface area contributed by atoms with Crippen LogP contribution < -0.4 is 0 Å². The van der Waals surface area contributed by atoms with E-state index in [1.54, 1.807) is 11.3 Å². The molecule has 0 aromatic carbocycles. The van der Waals surface area contributed by atoms with Gasteiger partial charge in [-0.2, -0.15) is 0 Å². The molecular formula is C11H17BrOS. The van der Waals surface area contributed by atoms with Crippen molar-refractivity contribution < 1.29 is 5.11 Å². The highest BCUT2D eigenvalue weighted by Gasteiger charge is 2.10. The Kier molecular flexibility index (Phi) is 5.13. The molecule has 0 bridgehead atoms. The summed E-state index contributed by atoms with van der Waals surface area (Å²) in [5.74, 6) is 0.619. The normalized spacial score (nSPS) is 15.4. The summed E-state index contributed by atoms with van der Waals surface area (Å²) in [6.45, 7) is 4.35. The van der Waals surface area contributed by atoms with E-state index in [0.29, 0.717) is 5.92 Å². The molecular weight excluding hydrogens is 260 g/mol. The molecule has 2 unspecified atom stereocenters. The molecule has 0 fully saturated rings. The van der Waals surface area contributed by atoms with Gasteiger partial charge in [0.25, 0.3) is 0 Å². The second-order valence-corrected chi connectivity index (χ2v) is 5.75. The third-order valence-electron chi connectivity index (χ3n) is 2.43. The average Bonchev–Trinajstić information content (AvgIpc) is 2.50. The van der Waals surface area contributed by atoms with Crippen molar-refractivity contribution in [2.45, 2.75) is 39.2 Å². The van der Waals surface area contributed by atoms with Crippen LogP contribution >= 0.6 is 27.3 Å². The van der Waals surface area contributed by atoms with Gasteiger partial charge in [0.15, 0.2) is 0 Å². The molecule has 0 aliphatic rings. The topological polar surface area (TPSA) is 20.2 Å². The highest BCUT2D eigenvalue weighted by molar-refractivity contribution is 9.10. The van der Waals surface area contributed by atoms with Gasteiger partial charge in [0.2, 0.25) is 0 Å². The second-order valence-electron chi connectivity index (χ2n) is 3.84. The Morgan fingerprint density at radius 1 is 1.57 bits per heavy atom. The first-order valence-electron chi connectivity index (χ1n) is 5.02. The third kappa shape index (κ3) is 4.11. The number of aliphatic hydroxyl groups excluding tert-OH is 1. The Balaban J connectivity index is 2.37. The zero-order chi connectivity index (χ0) is 10.6. The van der Waals surface area contributed by atoms with Crippen molar-refractivity contribution in [3.8, 4) is 0 Å². The van der Waals surface area contributed by atoms with Crippen molar-refractivity contribution in [3.63, 3.8) is 0 Å². The van der Waals surface area contributed by atoms with Crippen LogP contribution in [0.3, 0.4) is 0 Å². The van der Waals surface area contributed by atoms with Crippen LogP contribution in [0.4, 0.5) is 0 Å². The molecule has 0 aliphatic carbocycles. The molecule has 1 aromatic rings. The summed E-state index contributed by atoms with van der Waals surface area (Å²) < 4.78 is 1.12. The smallest absolute Gasteiger partial charge is 0.0591 e. The summed E-state index contributed by atoms with van der Waals surface area (Å²) in [6, 6.07) is 2.09. The van der Waals surface area contributed by atoms with E-state index in [2.05, 4.69) is 41.2 Å². The first-order chi connectivity index (χ1) is 6.61. The minimum absolute atomic E-state index is 0.185. The van der Waals surface area contributed by atoms with Crippen molar-refractivity contribution >= 4 is 27.3 Å². The third-order valence-corrected chi connectivity index (χ3v) is 4.15. The van der Waals surface area contributed by atoms with Crippen LogP contribution in [-0.4, -0.2) is 11.2 Å². The Morgan fingerprint density at radius 2 is 2.29 bits per heavy atom. The predicted octanol–water partition coefficient (Wildman–Crippen LogP) is 3.85. The largest absolute Gasteiger partial charge is 0.393 e. The molecule has 1 aromatic heterocycles. The molecule has 0 aliphatic heterocycles. The molecule has 0 spiro atoms. The number of aliphatic hydroxyl groups is 1. The van der Waals surface area contributed by atoms with Gasteiger partial charge in [-0.3, -0.25) is 0 Å². The summed E-state index contributed by atoms with van der Waals surface area (Å²) in [5.41, 5.74) is 0. The minimum atomic E-state index is -0.185. The van der Waals surface area contributed by atoms with Crippen molar-refractivity contribution in [1.82, 2.24) is 0 Å². The lowest BCUT2D eigenvalue weighted by Crippen LogP contribution is -2.13. The van der Waals surface area contributed by atoms with Crippen molar-refractivity contribution in [3.05, 3.63) is 20.8 Å². The van der Waals surface area contributed by atoms with E-state index >= 15 is 0 Å². The highest BCUT2D eigenvalue weighted by Crippen LogP contribution is 2.22. The quantitative estimate of drug-likeness (QED) is 0.866. The molecule has 0 radical (unpaired) electrons. The number of thiophene rings is 1. The Hall–Kier alpha value is 0.140. The maximum Gasteiger partial charge on any atom is 0.0591 e. The molecule has 80 valence electrons. The van der Waals surface area contributed by atoms with Crippen LogP contribution in [0.25, 0.3) is 0 Å². The second kappa shape index (κ2) is 5.89.